The Morgan fingerprint density at radius 1 is 1.35 bits per heavy atom. The van der Waals surface area contributed by atoms with Crippen molar-refractivity contribution in [2.45, 2.75) is 13.5 Å². The quantitative estimate of drug-likeness (QED) is 0.875. The fraction of sp³-hybridized carbons (Fsp3) is 0.353. The fourth-order valence-electron chi connectivity index (χ4n) is 2.68. The number of aryl methyl sites for hydroxylation is 1. The van der Waals surface area contributed by atoms with Gasteiger partial charge in [-0.3, -0.25) is 14.2 Å². The Kier molecular flexibility index (Phi) is 5.53. The van der Waals surface area contributed by atoms with E-state index in [9.17, 15) is 14.0 Å². The molecule has 1 aromatic heterocycles. The Morgan fingerprint density at radius 2 is 2.08 bits per heavy atom. The second-order valence-electron chi connectivity index (χ2n) is 5.89. The number of hydrogen-bond acceptors (Lipinski definition) is 5. The van der Waals surface area contributed by atoms with E-state index in [1.807, 2.05) is 4.90 Å². The minimum Gasteiger partial charge on any atom is -0.378 e. The SMILES string of the molecule is Cc1cc(=O)n(CC(=O)Nc2ccc(F)cc2Cl)c(N2CCOCC2)n1. The number of ether oxygens (including phenoxy) is 1. The van der Waals surface area contributed by atoms with Crippen LogP contribution in [0.4, 0.5) is 16.0 Å². The van der Waals surface area contributed by atoms with Crippen molar-refractivity contribution in [3.63, 3.8) is 0 Å². The molecule has 1 aliphatic rings. The smallest absolute Gasteiger partial charge is 0.255 e. The van der Waals surface area contributed by atoms with Crippen molar-refractivity contribution in [1.29, 1.82) is 0 Å². The van der Waals surface area contributed by atoms with Gasteiger partial charge in [-0.1, -0.05) is 11.6 Å². The summed E-state index contributed by atoms with van der Waals surface area (Å²) in [7, 11) is 0. The average molecular weight is 381 g/mol. The molecule has 1 aliphatic heterocycles. The van der Waals surface area contributed by atoms with Gasteiger partial charge >= 0.3 is 0 Å². The van der Waals surface area contributed by atoms with E-state index in [2.05, 4.69) is 10.3 Å². The molecule has 0 bridgehead atoms. The van der Waals surface area contributed by atoms with E-state index in [-0.39, 0.29) is 22.8 Å². The number of benzene rings is 1. The molecular formula is C17H18ClFN4O3. The maximum absolute atomic E-state index is 13.1. The normalized spacial score (nSPS) is 14.3. The Bertz CT molecular complexity index is 881. The Hall–Kier alpha value is -2.45. The number of anilines is 2. The minimum atomic E-state index is -0.499. The van der Waals surface area contributed by atoms with Gasteiger partial charge in [-0.25, -0.2) is 9.37 Å². The molecule has 1 saturated heterocycles. The van der Waals surface area contributed by atoms with E-state index in [1.54, 1.807) is 6.92 Å². The van der Waals surface area contributed by atoms with Crippen molar-refractivity contribution in [3.05, 3.63) is 51.2 Å². The van der Waals surface area contributed by atoms with E-state index in [0.29, 0.717) is 37.9 Å². The van der Waals surface area contributed by atoms with Gasteiger partial charge in [0.15, 0.2) is 0 Å². The van der Waals surface area contributed by atoms with Crippen LogP contribution in [0.5, 0.6) is 0 Å². The van der Waals surface area contributed by atoms with Gasteiger partial charge in [0.2, 0.25) is 11.9 Å². The molecule has 0 aliphatic carbocycles. The predicted molar refractivity (Wildman–Crippen MR) is 96.3 cm³/mol. The van der Waals surface area contributed by atoms with Gasteiger partial charge in [0.25, 0.3) is 5.56 Å². The van der Waals surface area contributed by atoms with Gasteiger partial charge in [-0.05, 0) is 25.1 Å². The van der Waals surface area contributed by atoms with Gasteiger partial charge in [0, 0.05) is 24.8 Å². The number of hydrogen-bond donors (Lipinski definition) is 1. The molecule has 2 heterocycles. The molecule has 2 aromatic rings. The van der Waals surface area contributed by atoms with Crippen molar-refractivity contribution < 1.29 is 13.9 Å². The number of amides is 1. The first-order valence-corrected chi connectivity index (χ1v) is 8.48. The van der Waals surface area contributed by atoms with Crippen molar-refractivity contribution in [3.8, 4) is 0 Å². The van der Waals surface area contributed by atoms with Crippen LogP contribution in [0.25, 0.3) is 0 Å². The lowest BCUT2D eigenvalue weighted by molar-refractivity contribution is -0.116. The van der Waals surface area contributed by atoms with Crippen molar-refractivity contribution in [2.75, 3.05) is 36.5 Å². The lowest BCUT2D eigenvalue weighted by Gasteiger charge is -2.29. The minimum absolute atomic E-state index is 0.0844. The second kappa shape index (κ2) is 7.84. The monoisotopic (exact) mass is 380 g/mol. The van der Waals surface area contributed by atoms with Crippen LogP contribution in [-0.4, -0.2) is 41.8 Å². The van der Waals surface area contributed by atoms with Crippen LogP contribution in [0, 0.1) is 12.7 Å². The molecule has 0 spiro atoms. The van der Waals surface area contributed by atoms with E-state index in [4.69, 9.17) is 16.3 Å². The number of carbonyl (C=O) groups excluding carboxylic acids is 1. The average Bonchev–Trinajstić information content (AvgIpc) is 2.60. The zero-order valence-electron chi connectivity index (χ0n) is 14.2. The van der Waals surface area contributed by atoms with Crippen LogP contribution in [0.1, 0.15) is 5.69 Å². The second-order valence-corrected chi connectivity index (χ2v) is 6.30. The lowest BCUT2D eigenvalue weighted by Crippen LogP contribution is -2.41. The predicted octanol–water partition coefficient (Wildman–Crippen LogP) is 1.82. The summed E-state index contributed by atoms with van der Waals surface area (Å²) in [6.45, 7) is 3.73. The molecule has 0 unspecified atom stereocenters. The van der Waals surface area contributed by atoms with E-state index >= 15 is 0 Å². The number of rotatable bonds is 4. The molecule has 0 radical (unpaired) electrons. The summed E-state index contributed by atoms with van der Waals surface area (Å²) in [5.41, 5.74) is 0.535. The number of nitrogens with one attached hydrogen (secondary N) is 1. The third kappa shape index (κ3) is 4.20. The van der Waals surface area contributed by atoms with Crippen molar-refractivity contribution in [1.82, 2.24) is 9.55 Å². The van der Waals surface area contributed by atoms with Crippen molar-refractivity contribution in [2.24, 2.45) is 0 Å². The summed E-state index contributed by atoms with van der Waals surface area (Å²) in [6.07, 6.45) is 0. The molecule has 26 heavy (non-hydrogen) atoms. The third-order valence-electron chi connectivity index (χ3n) is 3.92. The molecule has 1 N–H and O–H groups in total. The molecule has 7 nitrogen and oxygen atoms in total. The van der Waals surface area contributed by atoms with Gasteiger partial charge in [-0.15, -0.1) is 0 Å². The maximum atomic E-state index is 13.1. The zero-order chi connectivity index (χ0) is 18.7. The Labute approximate surface area is 154 Å². The summed E-state index contributed by atoms with van der Waals surface area (Å²) in [4.78, 5) is 31.1. The van der Waals surface area contributed by atoms with Crippen LogP contribution in [0.2, 0.25) is 5.02 Å². The molecule has 0 saturated carbocycles. The lowest BCUT2D eigenvalue weighted by atomic mass is 10.3. The van der Waals surface area contributed by atoms with Gasteiger partial charge in [0.1, 0.15) is 12.4 Å². The number of carbonyl (C=O) groups is 1. The first-order chi connectivity index (χ1) is 12.4. The van der Waals surface area contributed by atoms with E-state index < -0.39 is 11.7 Å². The highest BCUT2D eigenvalue weighted by molar-refractivity contribution is 6.33. The standard InChI is InChI=1S/C17H18ClFN4O3/c1-11-8-16(25)23(17(20-11)22-4-6-26-7-5-22)10-15(24)21-14-3-2-12(19)9-13(14)18/h2-3,8-9H,4-7,10H2,1H3,(H,21,24). The number of halogens is 2. The number of aromatic nitrogens is 2. The first kappa shape index (κ1) is 18.3. The summed E-state index contributed by atoms with van der Waals surface area (Å²) in [5, 5.41) is 2.67. The van der Waals surface area contributed by atoms with Crippen LogP contribution >= 0.6 is 11.6 Å². The van der Waals surface area contributed by atoms with Crippen molar-refractivity contribution >= 4 is 29.1 Å². The van der Waals surface area contributed by atoms with Crippen LogP contribution < -0.4 is 15.8 Å². The number of morpholine rings is 1. The molecular weight excluding hydrogens is 363 g/mol. The van der Waals surface area contributed by atoms with Crippen LogP contribution in [-0.2, 0) is 16.1 Å². The fourth-order valence-corrected chi connectivity index (χ4v) is 2.90. The Balaban J connectivity index is 1.84. The van der Waals surface area contributed by atoms with Crippen LogP contribution in [0.3, 0.4) is 0 Å². The van der Waals surface area contributed by atoms with E-state index in [0.717, 1.165) is 6.07 Å². The molecule has 1 fully saturated rings. The highest BCUT2D eigenvalue weighted by Crippen LogP contribution is 2.22. The highest BCUT2D eigenvalue weighted by Gasteiger charge is 2.19. The Morgan fingerprint density at radius 3 is 2.77 bits per heavy atom. The summed E-state index contributed by atoms with van der Waals surface area (Å²) in [5.74, 6) is -0.527. The van der Waals surface area contributed by atoms with Gasteiger partial charge in [-0.2, -0.15) is 0 Å². The molecule has 3 rings (SSSR count). The summed E-state index contributed by atoms with van der Waals surface area (Å²) < 4.78 is 19.7. The molecule has 1 aromatic carbocycles. The zero-order valence-corrected chi connectivity index (χ0v) is 14.9. The maximum Gasteiger partial charge on any atom is 0.255 e. The largest absolute Gasteiger partial charge is 0.378 e. The molecule has 138 valence electrons. The summed E-state index contributed by atoms with van der Waals surface area (Å²) >= 11 is 5.92. The topological polar surface area (TPSA) is 76.5 Å². The van der Waals surface area contributed by atoms with E-state index in [1.165, 1.54) is 22.8 Å². The van der Waals surface area contributed by atoms with Crippen LogP contribution in [0.15, 0.2) is 29.1 Å². The third-order valence-corrected chi connectivity index (χ3v) is 4.23. The number of nitrogens with zero attached hydrogens (tertiary/aromatic N) is 3. The van der Waals surface area contributed by atoms with Gasteiger partial charge < -0.3 is 15.0 Å². The molecule has 9 heteroatoms. The first-order valence-electron chi connectivity index (χ1n) is 8.10. The molecule has 0 atom stereocenters. The summed E-state index contributed by atoms with van der Waals surface area (Å²) in [6, 6.07) is 5.05. The molecule has 1 amide bonds. The highest BCUT2D eigenvalue weighted by atomic mass is 35.5. The van der Waals surface area contributed by atoms with Gasteiger partial charge in [0.05, 0.1) is 23.9 Å².